The molecule has 0 radical (unpaired) electrons. The molecule has 0 saturated carbocycles. The summed E-state index contributed by atoms with van der Waals surface area (Å²) < 4.78 is 16.9. The number of benzene rings is 2. The Hall–Kier alpha value is -3.25. The molecule has 0 fully saturated rings. The summed E-state index contributed by atoms with van der Waals surface area (Å²) in [6.45, 7) is 0.379. The van der Waals surface area contributed by atoms with Crippen LogP contribution in [0.25, 0.3) is 11.1 Å². The maximum atomic E-state index is 12.3. The van der Waals surface area contributed by atoms with E-state index in [9.17, 15) is 4.79 Å². The molecule has 2 heterocycles. The van der Waals surface area contributed by atoms with E-state index >= 15 is 0 Å². The van der Waals surface area contributed by atoms with E-state index in [1.54, 1.807) is 38.7 Å². The third-order valence-corrected chi connectivity index (χ3v) is 5.28. The van der Waals surface area contributed by atoms with Crippen molar-refractivity contribution in [3.63, 3.8) is 0 Å². The van der Waals surface area contributed by atoms with Gasteiger partial charge in [0.15, 0.2) is 0 Å². The van der Waals surface area contributed by atoms with Crippen LogP contribution in [0.1, 0.15) is 15.9 Å². The number of carbonyl (C=O) groups excluding carboxylic acids is 1. The van der Waals surface area contributed by atoms with Crippen LogP contribution in [0, 0.1) is 0 Å². The number of nitrogens with one attached hydrogen (secondary N) is 1. The first kappa shape index (κ1) is 20.0. The van der Waals surface area contributed by atoms with Crippen molar-refractivity contribution in [3.05, 3.63) is 71.0 Å². The van der Waals surface area contributed by atoms with Gasteiger partial charge in [0.1, 0.15) is 23.4 Å². The molecule has 154 valence electrons. The number of aromatic nitrogens is 1. The number of hydrogen-bond donors (Lipinski definition) is 1. The van der Waals surface area contributed by atoms with E-state index in [0.717, 1.165) is 28.2 Å². The second kappa shape index (κ2) is 8.63. The highest BCUT2D eigenvalue weighted by atomic mass is 35.5. The van der Waals surface area contributed by atoms with E-state index in [1.807, 2.05) is 30.3 Å². The van der Waals surface area contributed by atoms with Gasteiger partial charge in [0.2, 0.25) is 0 Å². The van der Waals surface area contributed by atoms with Gasteiger partial charge in [-0.2, -0.15) is 0 Å². The Balaban J connectivity index is 1.52. The molecule has 0 unspecified atom stereocenters. The third kappa shape index (κ3) is 4.04. The molecular weight excluding hydrogens is 404 g/mol. The van der Waals surface area contributed by atoms with Crippen molar-refractivity contribution < 1.29 is 19.0 Å². The van der Waals surface area contributed by atoms with E-state index in [-0.39, 0.29) is 12.0 Å². The summed E-state index contributed by atoms with van der Waals surface area (Å²) in [5.74, 6) is 1.96. The van der Waals surface area contributed by atoms with E-state index < -0.39 is 0 Å². The highest BCUT2D eigenvalue weighted by Crippen LogP contribution is 2.42. The average Bonchev–Trinajstić information content (AvgIpc) is 3.21. The molecule has 0 saturated heterocycles. The van der Waals surface area contributed by atoms with Crippen LogP contribution in [-0.4, -0.2) is 37.8 Å². The zero-order chi connectivity index (χ0) is 21.1. The molecule has 6 nitrogen and oxygen atoms in total. The lowest BCUT2D eigenvalue weighted by Gasteiger charge is -2.13. The molecule has 1 amide bonds. The summed E-state index contributed by atoms with van der Waals surface area (Å²) in [4.78, 5) is 16.2. The summed E-state index contributed by atoms with van der Waals surface area (Å²) in [6.07, 6.45) is 3.63. The van der Waals surface area contributed by atoms with Gasteiger partial charge in [-0.25, -0.2) is 0 Å². The Morgan fingerprint density at radius 1 is 1.17 bits per heavy atom. The van der Waals surface area contributed by atoms with Crippen molar-refractivity contribution in [1.82, 2.24) is 10.3 Å². The lowest BCUT2D eigenvalue weighted by atomic mass is 9.99. The molecule has 3 aromatic rings. The Kier molecular flexibility index (Phi) is 5.77. The number of halogens is 1. The van der Waals surface area contributed by atoms with Gasteiger partial charge in [-0.05, 0) is 48.0 Å². The van der Waals surface area contributed by atoms with Crippen molar-refractivity contribution in [2.75, 3.05) is 20.8 Å². The molecule has 7 heteroatoms. The van der Waals surface area contributed by atoms with Gasteiger partial charge in [0.25, 0.3) is 5.91 Å². The van der Waals surface area contributed by atoms with Gasteiger partial charge < -0.3 is 19.5 Å². The van der Waals surface area contributed by atoms with Crippen LogP contribution >= 0.6 is 11.6 Å². The Labute approximate surface area is 179 Å². The average molecular weight is 425 g/mol. The number of hydrogen-bond acceptors (Lipinski definition) is 5. The fourth-order valence-electron chi connectivity index (χ4n) is 3.51. The minimum Gasteiger partial charge on any atom is -0.497 e. The molecule has 0 spiro atoms. The van der Waals surface area contributed by atoms with Crippen molar-refractivity contribution >= 4 is 17.5 Å². The molecule has 1 aliphatic rings. The predicted molar refractivity (Wildman–Crippen MR) is 115 cm³/mol. The fourth-order valence-corrected chi connectivity index (χ4v) is 3.79. The summed E-state index contributed by atoms with van der Waals surface area (Å²) in [5, 5.41) is 3.43. The molecule has 1 atom stereocenters. The molecule has 1 aliphatic heterocycles. The Morgan fingerprint density at radius 2 is 1.97 bits per heavy atom. The number of nitrogens with zero attached hydrogens (tertiary/aromatic N) is 1. The van der Waals surface area contributed by atoms with Crippen LogP contribution in [0.15, 0.2) is 54.9 Å². The number of rotatable bonds is 6. The van der Waals surface area contributed by atoms with Gasteiger partial charge in [-0.3, -0.25) is 9.78 Å². The molecule has 2 aromatic carbocycles. The quantitative estimate of drug-likeness (QED) is 0.643. The molecule has 30 heavy (non-hydrogen) atoms. The fraction of sp³-hybridized carbons (Fsp3) is 0.217. The first-order valence-electron chi connectivity index (χ1n) is 9.48. The monoisotopic (exact) mass is 424 g/mol. The second-order valence-electron chi connectivity index (χ2n) is 6.90. The number of ether oxygens (including phenoxy) is 3. The minimum absolute atomic E-state index is 0.162. The Bertz CT molecular complexity index is 1070. The van der Waals surface area contributed by atoms with Crippen LogP contribution in [0.3, 0.4) is 0 Å². The number of methoxy groups -OCH3 is 2. The predicted octanol–water partition coefficient (Wildman–Crippen LogP) is 4.15. The van der Waals surface area contributed by atoms with E-state index in [2.05, 4.69) is 10.3 Å². The van der Waals surface area contributed by atoms with Crippen molar-refractivity contribution in [2.24, 2.45) is 0 Å². The van der Waals surface area contributed by atoms with Gasteiger partial charge >= 0.3 is 0 Å². The van der Waals surface area contributed by atoms with Crippen LogP contribution in [0.2, 0.25) is 5.02 Å². The molecule has 1 aromatic heterocycles. The minimum atomic E-state index is -0.189. The topological polar surface area (TPSA) is 69.7 Å². The zero-order valence-corrected chi connectivity index (χ0v) is 17.4. The van der Waals surface area contributed by atoms with E-state index in [0.29, 0.717) is 29.3 Å². The van der Waals surface area contributed by atoms with Crippen LogP contribution in [0.5, 0.6) is 17.2 Å². The molecule has 1 N–H and O–H groups in total. The smallest absolute Gasteiger partial charge is 0.251 e. The summed E-state index contributed by atoms with van der Waals surface area (Å²) >= 11 is 6.53. The number of carbonyl (C=O) groups is 1. The summed E-state index contributed by atoms with van der Waals surface area (Å²) in [5.41, 5.74) is 3.35. The highest BCUT2D eigenvalue weighted by Gasteiger charge is 2.27. The number of pyridine rings is 1. The third-order valence-electron chi connectivity index (χ3n) is 5.00. The van der Waals surface area contributed by atoms with Crippen molar-refractivity contribution in [1.29, 1.82) is 0 Å². The van der Waals surface area contributed by atoms with Crippen molar-refractivity contribution in [2.45, 2.75) is 12.5 Å². The number of fused-ring (bicyclic) bond motifs is 1. The van der Waals surface area contributed by atoms with E-state index in [4.69, 9.17) is 25.8 Å². The largest absolute Gasteiger partial charge is 0.497 e. The van der Waals surface area contributed by atoms with Crippen LogP contribution in [-0.2, 0) is 6.42 Å². The summed E-state index contributed by atoms with van der Waals surface area (Å²) in [7, 11) is 3.25. The van der Waals surface area contributed by atoms with Gasteiger partial charge in [-0.15, -0.1) is 0 Å². The molecule has 0 bridgehead atoms. The molecule has 0 aliphatic carbocycles. The SMILES string of the molecule is COc1ccc(OC)c(-c2cc(Cl)c3c(c2)C[C@@H](CNC(=O)c2ccncc2)O3)c1. The normalized spacial score (nSPS) is 14.6. The van der Waals surface area contributed by atoms with Gasteiger partial charge in [0, 0.05) is 35.5 Å². The van der Waals surface area contributed by atoms with Gasteiger partial charge in [-0.1, -0.05) is 11.6 Å². The first-order valence-corrected chi connectivity index (χ1v) is 9.86. The number of amides is 1. The zero-order valence-electron chi connectivity index (χ0n) is 16.6. The van der Waals surface area contributed by atoms with Crippen molar-refractivity contribution in [3.8, 4) is 28.4 Å². The summed E-state index contributed by atoms with van der Waals surface area (Å²) in [6, 6.07) is 12.9. The standard InChI is InChI=1S/C23H21ClN2O4/c1-28-17-3-4-21(29-2)19(12-17)15-9-16-10-18(30-22(16)20(24)11-15)13-26-23(27)14-5-7-25-8-6-14/h3-9,11-12,18H,10,13H2,1-2H3,(H,26,27)/t18-/m0/s1. The second-order valence-corrected chi connectivity index (χ2v) is 7.31. The van der Waals surface area contributed by atoms with E-state index in [1.165, 1.54) is 0 Å². The van der Waals surface area contributed by atoms with Crippen LogP contribution in [0.4, 0.5) is 0 Å². The molecule has 4 rings (SSSR count). The maximum Gasteiger partial charge on any atom is 0.251 e. The highest BCUT2D eigenvalue weighted by molar-refractivity contribution is 6.32. The first-order chi connectivity index (χ1) is 14.6. The lowest BCUT2D eigenvalue weighted by Crippen LogP contribution is -2.34. The maximum absolute atomic E-state index is 12.3. The molecular formula is C23H21ClN2O4. The van der Waals surface area contributed by atoms with Gasteiger partial charge in [0.05, 0.1) is 25.8 Å². The Morgan fingerprint density at radius 3 is 2.70 bits per heavy atom. The van der Waals surface area contributed by atoms with Crippen LogP contribution < -0.4 is 19.5 Å². The lowest BCUT2D eigenvalue weighted by molar-refractivity contribution is 0.0933.